The minimum atomic E-state index is -0.0921. The van der Waals surface area contributed by atoms with Crippen molar-refractivity contribution in [2.24, 2.45) is 0 Å². The van der Waals surface area contributed by atoms with E-state index in [0.29, 0.717) is 56.5 Å². The standard InChI is InChI=1S/C27H35N7O3/c1-18(2)34-17-22-23(26(34)37)29-27(32-14-12-31(13-15-32)19(3)35)30-24(22)33-11-7-10-21(33)16-28-25(36)20-8-5-4-6-9-20/h4-6,8-9,18,21H,7,10-17H2,1-3H3,(H,28,36)/t21-/m1/s1. The number of nitrogens with zero attached hydrogens (tertiary/aromatic N) is 6. The summed E-state index contributed by atoms with van der Waals surface area (Å²) in [6.07, 6.45) is 1.92. The number of hydrogen-bond acceptors (Lipinski definition) is 7. The molecule has 3 aliphatic heterocycles. The molecule has 4 heterocycles. The number of piperazine rings is 1. The summed E-state index contributed by atoms with van der Waals surface area (Å²) in [5, 5.41) is 3.09. The number of aromatic nitrogens is 2. The Morgan fingerprint density at radius 1 is 1.05 bits per heavy atom. The Bertz CT molecular complexity index is 1180. The molecule has 37 heavy (non-hydrogen) atoms. The van der Waals surface area contributed by atoms with E-state index in [2.05, 4.69) is 15.1 Å². The van der Waals surface area contributed by atoms with Crippen molar-refractivity contribution in [3.8, 4) is 0 Å². The van der Waals surface area contributed by atoms with Crippen molar-refractivity contribution in [2.75, 3.05) is 49.1 Å². The molecule has 0 unspecified atom stereocenters. The first-order valence-electron chi connectivity index (χ1n) is 13.2. The predicted molar refractivity (Wildman–Crippen MR) is 141 cm³/mol. The fourth-order valence-corrected chi connectivity index (χ4v) is 5.41. The Morgan fingerprint density at radius 3 is 2.46 bits per heavy atom. The summed E-state index contributed by atoms with van der Waals surface area (Å²) in [7, 11) is 0. The molecule has 1 N–H and O–H groups in total. The average molecular weight is 506 g/mol. The Balaban J connectivity index is 1.42. The summed E-state index contributed by atoms with van der Waals surface area (Å²) < 4.78 is 0. The minimum absolute atomic E-state index is 0.0525. The number of nitrogens with one attached hydrogen (secondary N) is 1. The van der Waals surface area contributed by atoms with Crippen LogP contribution in [0.1, 0.15) is 60.0 Å². The molecular formula is C27H35N7O3. The van der Waals surface area contributed by atoms with Gasteiger partial charge in [0.25, 0.3) is 11.8 Å². The van der Waals surface area contributed by atoms with Crippen LogP contribution in [0.2, 0.25) is 0 Å². The maximum Gasteiger partial charge on any atom is 0.273 e. The van der Waals surface area contributed by atoms with Crippen LogP contribution < -0.4 is 15.1 Å². The van der Waals surface area contributed by atoms with Crippen LogP contribution in [0.3, 0.4) is 0 Å². The molecule has 10 nitrogen and oxygen atoms in total. The predicted octanol–water partition coefficient (Wildman–Crippen LogP) is 1.91. The molecule has 2 fully saturated rings. The first-order valence-corrected chi connectivity index (χ1v) is 13.2. The maximum absolute atomic E-state index is 13.3. The van der Waals surface area contributed by atoms with Crippen molar-refractivity contribution in [1.82, 2.24) is 25.1 Å². The topological polar surface area (TPSA) is 102 Å². The maximum atomic E-state index is 13.3. The Morgan fingerprint density at radius 2 is 1.78 bits per heavy atom. The van der Waals surface area contributed by atoms with Gasteiger partial charge in [0.2, 0.25) is 11.9 Å². The van der Waals surface area contributed by atoms with Crippen molar-refractivity contribution < 1.29 is 14.4 Å². The molecule has 10 heteroatoms. The van der Waals surface area contributed by atoms with E-state index in [-0.39, 0.29) is 29.8 Å². The number of rotatable bonds is 6. The van der Waals surface area contributed by atoms with Gasteiger partial charge in [-0.05, 0) is 38.8 Å². The molecule has 3 amide bonds. The highest BCUT2D eigenvalue weighted by atomic mass is 16.2. The minimum Gasteiger partial charge on any atom is -0.351 e. The molecule has 0 spiro atoms. The van der Waals surface area contributed by atoms with E-state index in [4.69, 9.17) is 9.97 Å². The van der Waals surface area contributed by atoms with E-state index < -0.39 is 0 Å². The third kappa shape index (κ3) is 4.97. The van der Waals surface area contributed by atoms with Crippen LogP contribution in [0, 0.1) is 0 Å². The van der Waals surface area contributed by atoms with Gasteiger partial charge in [-0.15, -0.1) is 0 Å². The summed E-state index contributed by atoms with van der Waals surface area (Å²) in [6.45, 7) is 9.86. The molecule has 1 aromatic carbocycles. The summed E-state index contributed by atoms with van der Waals surface area (Å²) in [5.41, 5.74) is 1.98. The van der Waals surface area contributed by atoms with Gasteiger partial charge in [-0.3, -0.25) is 14.4 Å². The lowest BCUT2D eigenvalue weighted by molar-refractivity contribution is -0.129. The van der Waals surface area contributed by atoms with Crippen molar-refractivity contribution in [1.29, 1.82) is 0 Å². The van der Waals surface area contributed by atoms with Crippen molar-refractivity contribution in [3.63, 3.8) is 0 Å². The van der Waals surface area contributed by atoms with Crippen LogP contribution in [0.15, 0.2) is 30.3 Å². The van der Waals surface area contributed by atoms with Crippen LogP contribution in [0.5, 0.6) is 0 Å². The number of amides is 3. The summed E-state index contributed by atoms with van der Waals surface area (Å²) in [6, 6.07) is 9.36. The quantitative estimate of drug-likeness (QED) is 0.640. The molecular weight excluding hydrogens is 470 g/mol. The lowest BCUT2D eigenvalue weighted by atomic mass is 10.1. The molecule has 2 saturated heterocycles. The molecule has 1 aromatic heterocycles. The van der Waals surface area contributed by atoms with Gasteiger partial charge in [0.15, 0.2) is 0 Å². The number of hydrogen-bond donors (Lipinski definition) is 1. The van der Waals surface area contributed by atoms with E-state index in [0.717, 1.165) is 30.8 Å². The number of benzene rings is 1. The van der Waals surface area contributed by atoms with Crippen LogP contribution in [0.4, 0.5) is 11.8 Å². The number of anilines is 2. The molecule has 0 aliphatic carbocycles. The highest BCUT2D eigenvalue weighted by Crippen LogP contribution is 2.35. The van der Waals surface area contributed by atoms with Gasteiger partial charge in [0, 0.05) is 69.4 Å². The van der Waals surface area contributed by atoms with E-state index in [1.807, 2.05) is 54.0 Å². The zero-order valence-corrected chi connectivity index (χ0v) is 21.8. The fraction of sp³-hybridized carbons (Fsp3) is 0.519. The number of carbonyl (C=O) groups excluding carboxylic acids is 3. The lowest BCUT2D eigenvalue weighted by Crippen LogP contribution is -2.49. The zero-order valence-electron chi connectivity index (χ0n) is 21.8. The normalized spacial score (nSPS) is 19.6. The Labute approximate surface area is 217 Å². The van der Waals surface area contributed by atoms with Gasteiger partial charge in [0.1, 0.15) is 11.5 Å². The highest BCUT2D eigenvalue weighted by Gasteiger charge is 2.38. The zero-order chi connectivity index (χ0) is 26.1. The second-order valence-electron chi connectivity index (χ2n) is 10.3. The van der Waals surface area contributed by atoms with Crippen molar-refractivity contribution >= 4 is 29.5 Å². The van der Waals surface area contributed by atoms with Crippen LogP contribution in [0.25, 0.3) is 0 Å². The van der Waals surface area contributed by atoms with Crippen molar-refractivity contribution in [3.05, 3.63) is 47.2 Å². The van der Waals surface area contributed by atoms with Gasteiger partial charge in [-0.2, -0.15) is 4.98 Å². The Hall–Kier alpha value is -3.69. The molecule has 0 radical (unpaired) electrons. The second-order valence-corrected chi connectivity index (χ2v) is 10.3. The van der Waals surface area contributed by atoms with Gasteiger partial charge in [0.05, 0.1) is 6.54 Å². The third-order valence-electron chi connectivity index (χ3n) is 7.58. The van der Waals surface area contributed by atoms with Gasteiger partial charge in [-0.1, -0.05) is 18.2 Å². The van der Waals surface area contributed by atoms with E-state index >= 15 is 0 Å². The average Bonchev–Trinajstić information content (AvgIpc) is 3.51. The number of carbonyl (C=O) groups is 3. The van der Waals surface area contributed by atoms with Crippen LogP contribution in [-0.2, 0) is 11.3 Å². The molecule has 196 valence electrons. The fourth-order valence-electron chi connectivity index (χ4n) is 5.41. The summed E-state index contributed by atoms with van der Waals surface area (Å²) in [4.78, 5) is 55.6. The monoisotopic (exact) mass is 505 g/mol. The van der Waals surface area contributed by atoms with Crippen LogP contribution in [-0.4, -0.2) is 88.8 Å². The molecule has 5 rings (SSSR count). The SMILES string of the molecule is CC(=O)N1CCN(c2nc3c(c(N4CCC[C@@H]4CNC(=O)c4ccccc4)n2)CN(C(C)C)C3=O)CC1. The Kier molecular flexibility index (Phi) is 6.99. The van der Waals surface area contributed by atoms with E-state index in [1.165, 1.54) is 0 Å². The lowest BCUT2D eigenvalue weighted by Gasteiger charge is -2.35. The molecule has 3 aliphatic rings. The highest BCUT2D eigenvalue weighted by molar-refractivity contribution is 5.98. The smallest absolute Gasteiger partial charge is 0.273 e. The molecule has 0 bridgehead atoms. The third-order valence-corrected chi connectivity index (χ3v) is 7.58. The largest absolute Gasteiger partial charge is 0.351 e. The second kappa shape index (κ2) is 10.4. The van der Waals surface area contributed by atoms with E-state index in [1.54, 1.807) is 6.92 Å². The van der Waals surface area contributed by atoms with Gasteiger partial charge < -0.3 is 24.9 Å². The molecule has 1 atom stereocenters. The van der Waals surface area contributed by atoms with E-state index in [9.17, 15) is 14.4 Å². The number of fused-ring (bicyclic) bond motifs is 1. The van der Waals surface area contributed by atoms with Crippen LogP contribution >= 0.6 is 0 Å². The van der Waals surface area contributed by atoms with Gasteiger partial charge >= 0.3 is 0 Å². The first kappa shape index (κ1) is 25.0. The summed E-state index contributed by atoms with van der Waals surface area (Å²) in [5.74, 6) is 1.24. The molecule has 2 aromatic rings. The summed E-state index contributed by atoms with van der Waals surface area (Å²) >= 11 is 0. The van der Waals surface area contributed by atoms with Gasteiger partial charge in [-0.25, -0.2) is 4.98 Å². The first-order chi connectivity index (χ1) is 17.8. The molecule has 0 saturated carbocycles. The van der Waals surface area contributed by atoms with Crippen molar-refractivity contribution in [2.45, 2.75) is 52.2 Å².